The zero-order valence-electron chi connectivity index (χ0n) is 8.06. The molecule has 3 rings (SSSR count). The van der Waals surface area contributed by atoms with Gasteiger partial charge in [-0.3, -0.25) is 0 Å². The van der Waals surface area contributed by atoms with Crippen LogP contribution in [0.1, 0.15) is 13.3 Å². The van der Waals surface area contributed by atoms with Gasteiger partial charge in [0.25, 0.3) is 0 Å². The van der Waals surface area contributed by atoms with Gasteiger partial charge in [0.1, 0.15) is 0 Å². The minimum absolute atomic E-state index is 0.189. The maximum absolute atomic E-state index is 11.4. The van der Waals surface area contributed by atoms with Gasteiger partial charge in [-0.1, -0.05) is 19.1 Å². The number of fused-ring (bicyclic) bond motifs is 2. The van der Waals surface area contributed by atoms with E-state index in [-0.39, 0.29) is 12.1 Å². The van der Waals surface area contributed by atoms with Crippen molar-refractivity contribution in [3.8, 4) is 0 Å². The van der Waals surface area contributed by atoms with E-state index in [1.54, 1.807) is 0 Å². The average Bonchev–Trinajstić information content (AvgIpc) is 2.17. The normalized spacial score (nSPS) is 36.5. The van der Waals surface area contributed by atoms with Crippen LogP contribution in [0.15, 0.2) is 12.2 Å². The van der Waals surface area contributed by atoms with E-state index in [0.29, 0.717) is 11.8 Å². The van der Waals surface area contributed by atoms with E-state index in [1.807, 2.05) is 4.90 Å². The molecule has 3 nitrogen and oxygen atoms in total. The molecule has 3 aliphatic rings. The summed E-state index contributed by atoms with van der Waals surface area (Å²) >= 11 is 0. The minimum Gasteiger partial charge on any atom is -0.453 e. The van der Waals surface area contributed by atoms with Crippen LogP contribution in [0.4, 0.5) is 4.79 Å². The molecular weight excluding hydrogens is 166 g/mol. The Morgan fingerprint density at radius 3 is 2.85 bits per heavy atom. The second-order valence-corrected chi connectivity index (χ2v) is 3.97. The highest BCUT2D eigenvalue weighted by Gasteiger charge is 2.37. The van der Waals surface area contributed by atoms with Gasteiger partial charge in [-0.15, -0.1) is 0 Å². The molecule has 1 aliphatic carbocycles. The van der Waals surface area contributed by atoms with Crippen molar-refractivity contribution < 1.29 is 9.53 Å². The first kappa shape index (κ1) is 8.60. The lowest BCUT2D eigenvalue weighted by molar-refractivity contribution is 0.0654. The van der Waals surface area contributed by atoms with Gasteiger partial charge in [-0.2, -0.15) is 0 Å². The quantitative estimate of drug-likeness (QED) is 0.532. The second-order valence-electron chi connectivity index (χ2n) is 3.97. The molecule has 2 bridgehead atoms. The molecule has 3 heteroatoms. The van der Waals surface area contributed by atoms with E-state index >= 15 is 0 Å². The number of piperidine rings is 1. The van der Waals surface area contributed by atoms with Crippen molar-refractivity contribution in [1.29, 1.82) is 0 Å². The monoisotopic (exact) mass is 181 g/mol. The summed E-state index contributed by atoms with van der Waals surface area (Å²) in [5.41, 5.74) is 0. The van der Waals surface area contributed by atoms with E-state index in [9.17, 15) is 4.79 Å². The molecule has 72 valence electrons. The molecule has 1 amide bonds. The van der Waals surface area contributed by atoms with E-state index < -0.39 is 0 Å². The fraction of sp³-hybridized carbons (Fsp3) is 0.700. The van der Waals surface area contributed by atoms with E-state index in [4.69, 9.17) is 4.74 Å². The molecule has 0 aromatic heterocycles. The Labute approximate surface area is 78.4 Å². The molecule has 0 saturated carbocycles. The zero-order chi connectivity index (χ0) is 9.42. The van der Waals surface area contributed by atoms with Crippen LogP contribution in [-0.4, -0.2) is 30.7 Å². The minimum atomic E-state index is -0.189. The standard InChI is InChI=1S/C10H15NO2/c1-7-5-8-3-4-9(7)11(6-8)10(12)13-2/h3-4,7-9H,5-6H2,1-2H3. The number of carbonyl (C=O) groups excluding carboxylic acids is 1. The summed E-state index contributed by atoms with van der Waals surface area (Å²) in [6.45, 7) is 3.02. The van der Waals surface area contributed by atoms with Gasteiger partial charge >= 0.3 is 6.09 Å². The number of nitrogens with zero attached hydrogens (tertiary/aromatic N) is 1. The van der Waals surface area contributed by atoms with Gasteiger partial charge in [-0.25, -0.2) is 4.79 Å². The fourth-order valence-corrected chi connectivity index (χ4v) is 2.39. The van der Waals surface area contributed by atoms with Gasteiger partial charge in [0, 0.05) is 6.54 Å². The summed E-state index contributed by atoms with van der Waals surface area (Å²) in [5.74, 6) is 1.11. The summed E-state index contributed by atoms with van der Waals surface area (Å²) in [7, 11) is 1.44. The molecule has 2 aliphatic heterocycles. The number of rotatable bonds is 0. The smallest absolute Gasteiger partial charge is 0.410 e. The Bertz CT molecular complexity index is 249. The summed E-state index contributed by atoms with van der Waals surface area (Å²) in [6, 6.07) is 0.262. The van der Waals surface area contributed by atoms with Gasteiger partial charge in [0.05, 0.1) is 13.2 Å². The van der Waals surface area contributed by atoms with Crippen molar-refractivity contribution in [2.45, 2.75) is 19.4 Å². The highest BCUT2D eigenvalue weighted by atomic mass is 16.5. The van der Waals surface area contributed by atoms with Crippen molar-refractivity contribution in [2.75, 3.05) is 13.7 Å². The Balaban J connectivity index is 2.16. The third kappa shape index (κ3) is 1.32. The fourth-order valence-electron chi connectivity index (χ4n) is 2.39. The molecule has 13 heavy (non-hydrogen) atoms. The second kappa shape index (κ2) is 3.05. The molecule has 3 unspecified atom stereocenters. The van der Waals surface area contributed by atoms with Crippen LogP contribution in [0, 0.1) is 11.8 Å². The number of ether oxygens (including phenoxy) is 1. The maximum atomic E-state index is 11.4. The number of carbonyl (C=O) groups is 1. The lowest BCUT2D eigenvalue weighted by Crippen LogP contribution is -2.52. The van der Waals surface area contributed by atoms with E-state index in [0.717, 1.165) is 6.54 Å². The molecule has 0 aromatic carbocycles. The van der Waals surface area contributed by atoms with Crippen LogP contribution in [0.3, 0.4) is 0 Å². The molecule has 0 N–H and O–H groups in total. The third-order valence-corrected chi connectivity index (χ3v) is 3.04. The van der Waals surface area contributed by atoms with Crippen molar-refractivity contribution in [2.24, 2.45) is 11.8 Å². The Kier molecular flexibility index (Phi) is 2.02. The first-order valence-corrected chi connectivity index (χ1v) is 4.75. The summed E-state index contributed by atoms with van der Waals surface area (Å²) in [4.78, 5) is 13.2. The molecule has 0 spiro atoms. The van der Waals surface area contributed by atoms with Crippen LogP contribution in [0.2, 0.25) is 0 Å². The third-order valence-electron chi connectivity index (χ3n) is 3.04. The molecule has 3 atom stereocenters. The Morgan fingerprint density at radius 1 is 1.54 bits per heavy atom. The largest absolute Gasteiger partial charge is 0.453 e. The number of hydrogen-bond donors (Lipinski definition) is 0. The number of hydrogen-bond acceptors (Lipinski definition) is 2. The number of amides is 1. The lowest BCUT2D eigenvalue weighted by atomic mass is 9.79. The zero-order valence-corrected chi connectivity index (χ0v) is 8.06. The van der Waals surface area contributed by atoms with Crippen molar-refractivity contribution in [1.82, 2.24) is 4.90 Å². The first-order valence-electron chi connectivity index (χ1n) is 4.75. The van der Waals surface area contributed by atoms with Crippen LogP contribution < -0.4 is 0 Å². The molecule has 1 fully saturated rings. The van der Waals surface area contributed by atoms with Gasteiger partial charge in [0.15, 0.2) is 0 Å². The molecule has 0 aromatic rings. The van der Waals surface area contributed by atoms with Gasteiger partial charge in [0.2, 0.25) is 0 Å². The topological polar surface area (TPSA) is 29.5 Å². The molecule has 0 radical (unpaired) electrons. The molecular formula is C10H15NO2. The van der Waals surface area contributed by atoms with Gasteiger partial charge < -0.3 is 9.64 Å². The van der Waals surface area contributed by atoms with E-state index in [2.05, 4.69) is 19.1 Å². The highest BCUT2D eigenvalue weighted by molar-refractivity contribution is 5.68. The molecule has 2 heterocycles. The van der Waals surface area contributed by atoms with Gasteiger partial charge in [-0.05, 0) is 18.3 Å². The lowest BCUT2D eigenvalue weighted by Gasteiger charge is -2.44. The van der Waals surface area contributed by atoms with Crippen molar-refractivity contribution >= 4 is 6.09 Å². The van der Waals surface area contributed by atoms with Crippen LogP contribution in [-0.2, 0) is 4.74 Å². The van der Waals surface area contributed by atoms with Crippen LogP contribution >= 0.6 is 0 Å². The maximum Gasteiger partial charge on any atom is 0.410 e. The Hall–Kier alpha value is -0.990. The molecule has 1 saturated heterocycles. The predicted molar refractivity (Wildman–Crippen MR) is 49.3 cm³/mol. The average molecular weight is 181 g/mol. The van der Waals surface area contributed by atoms with Crippen LogP contribution in [0.5, 0.6) is 0 Å². The number of methoxy groups -OCH3 is 1. The summed E-state index contributed by atoms with van der Waals surface area (Å²) in [6.07, 6.45) is 5.38. The summed E-state index contributed by atoms with van der Waals surface area (Å²) in [5, 5.41) is 0. The predicted octanol–water partition coefficient (Wildman–Crippen LogP) is 1.65. The van der Waals surface area contributed by atoms with Crippen molar-refractivity contribution in [3.63, 3.8) is 0 Å². The first-order chi connectivity index (χ1) is 6.22. The van der Waals surface area contributed by atoms with Crippen LogP contribution in [0.25, 0.3) is 0 Å². The van der Waals surface area contributed by atoms with Crippen molar-refractivity contribution in [3.05, 3.63) is 12.2 Å². The Morgan fingerprint density at radius 2 is 2.31 bits per heavy atom. The highest BCUT2D eigenvalue weighted by Crippen LogP contribution is 2.34. The SMILES string of the molecule is COC(=O)N1CC2C=CC1C(C)C2. The summed E-state index contributed by atoms with van der Waals surface area (Å²) < 4.78 is 4.74. The van der Waals surface area contributed by atoms with E-state index in [1.165, 1.54) is 13.5 Å².